The predicted molar refractivity (Wildman–Crippen MR) is 56.3 cm³/mol. The van der Waals surface area contributed by atoms with Crippen LogP contribution in [0.5, 0.6) is 0 Å². The highest BCUT2D eigenvalue weighted by molar-refractivity contribution is 5.40. The van der Waals surface area contributed by atoms with Gasteiger partial charge in [0.2, 0.25) is 0 Å². The second kappa shape index (κ2) is 3.78. The average molecular weight is 189 g/mol. The molecule has 0 amide bonds. The maximum Gasteiger partial charge on any atom is 0.155 e. The van der Waals surface area contributed by atoms with Gasteiger partial charge in [-0.15, -0.1) is 0 Å². The molecule has 3 nitrogen and oxygen atoms in total. The zero-order chi connectivity index (χ0) is 9.97. The van der Waals surface area contributed by atoms with Crippen molar-refractivity contribution in [3.8, 4) is 0 Å². The molecule has 2 rings (SSSR count). The van der Waals surface area contributed by atoms with E-state index in [4.69, 9.17) is 0 Å². The van der Waals surface area contributed by atoms with E-state index in [0.29, 0.717) is 5.92 Å². The number of nitrogens with zero attached hydrogens (tertiary/aromatic N) is 3. The van der Waals surface area contributed by atoms with Crippen molar-refractivity contribution < 1.29 is 0 Å². The highest BCUT2D eigenvalue weighted by atomic mass is 15.3. The molecule has 0 unspecified atom stereocenters. The first-order chi connectivity index (χ1) is 6.85. The van der Waals surface area contributed by atoms with E-state index in [-0.39, 0.29) is 0 Å². The van der Waals surface area contributed by atoms with Crippen molar-refractivity contribution in [1.29, 1.82) is 0 Å². The summed E-state index contributed by atoms with van der Waals surface area (Å²) in [5.41, 5.74) is 2.31. The van der Waals surface area contributed by atoms with E-state index in [2.05, 4.69) is 36.1 Å². The number of hydrogen-bond acceptors (Lipinski definition) is 2. The predicted octanol–water partition coefficient (Wildman–Crippen LogP) is 2.63. The maximum absolute atomic E-state index is 4.18. The maximum atomic E-state index is 4.18. The Kier molecular flexibility index (Phi) is 2.48. The van der Waals surface area contributed by atoms with Crippen LogP contribution in [0.25, 0.3) is 5.65 Å². The van der Waals surface area contributed by atoms with E-state index in [1.54, 1.807) is 10.8 Å². The summed E-state index contributed by atoms with van der Waals surface area (Å²) < 4.78 is 1.80. The minimum Gasteiger partial charge on any atom is -0.221 e. The van der Waals surface area contributed by atoms with Gasteiger partial charge in [-0.1, -0.05) is 13.8 Å². The molecule has 0 N–H and O–H groups in total. The van der Waals surface area contributed by atoms with Crippen molar-refractivity contribution >= 4 is 5.65 Å². The Morgan fingerprint density at radius 1 is 1.36 bits per heavy atom. The summed E-state index contributed by atoms with van der Waals surface area (Å²) in [6.07, 6.45) is 5.93. The molecule has 0 radical (unpaired) electrons. The van der Waals surface area contributed by atoms with Crippen LogP contribution in [0.4, 0.5) is 0 Å². The van der Waals surface area contributed by atoms with Crippen molar-refractivity contribution in [2.75, 3.05) is 0 Å². The lowest BCUT2D eigenvalue weighted by Gasteiger charge is -2.12. The van der Waals surface area contributed by atoms with Crippen LogP contribution in [-0.2, 0) is 0 Å². The summed E-state index contributed by atoms with van der Waals surface area (Å²) >= 11 is 0. The van der Waals surface area contributed by atoms with Gasteiger partial charge < -0.3 is 0 Å². The standard InChI is InChI=1S/C11H15N3/c1-3-9(4-2)10-5-6-14-11(7-10)12-8-13-14/h5-9H,3-4H2,1-2H3. The molecular weight excluding hydrogens is 174 g/mol. The molecule has 2 heterocycles. The van der Waals surface area contributed by atoms with Crippen molar-refractivity contribution in [1.82, 2.24) is 14.6 Å². The molecule has 0 aliphatic heterocycles. The van der Waals surface area contributed by atoms with E-state index >= 15 is 0 Å². The molecule has 14 heavy (non-hydrogen) atoms. The molecule has 0 aliphatic carbocycles. The molecule has 0 saturated heterocycles. The number of hydrogen-bond donors (Lipinski definition) is 0. The van der Waals surface area contributed by atoms with E-state index in [0.717, 1.165) is 5.65 Å². The molecule has 0 spiro atoms. The summed E-state index contributed by atoms with van der Waals surface area (Å²) in [7, 11) is 0. The molecular formula is C11H15N3. The zero-order valence-electron chi connectivity index (χ0n) is 8.64. The summed E-state index contributed by atoms with van der Waals surface area (Å²) in [5.74, 6) is 0.650. The molecule has 0 fully saturated rings. The SMILES string of the molecule is CCC(CC)c1ccn2ncnc2c1. The van der Waals surface area contributed by atoms with Gasteiger partial charge in [0.15, 0.2) is 5.65 Å². The molecule has 0 atom stereocenters. The Balaban J connectivity index is 2.42. The van der Waals surface area contributed by atoms with Gasteiger partial charge in [0.1, 0.15) is 6.33 Å². The minimum atomic E-state index is 0.650. The van der Waals surface area contributed by atoms with Crippen LogP contribution in [0.15, 0.2) is 24.7 Å². The van der Waals surface area contributed by atoms with Crippen molar-refractivity contribution in [3.05, 3.63) is 30.2 Å². The number of rotatable bonds is 3. The third-order valence-corrected chi connectivity index (χ3v) is 2.76. The Morgan fingerprint density at radius 2 is 2.14 bits per heavy atom. The molecule has 0 aromatic carbocycles. The normalized spacial score (nSPS) is 11.4. The van der Waals surface area contributed by atoms with Gasteiger partial charge in [-0.2, -0.15) is 5.10 Å². The molecule has 0 saturated carbocycles. The van der Waals surface area contributed by atoms with Crippen LogP contribution in [-0.4, -0.2) is 14.6 Å². The lowest BCUT2D eigenvalue weighted by atomic mass is 9.95. The number of fused-ring (bicyclic) bond motifs is 1. The van der Waals surface area contributed by atoms with Crippen LogP contribution in [0.2, 0.25) is 0 Å². The molecule has 74 valence electrons. The summed E-state index contributed by atoms with van der Waals surface area (Å²) in [4.78, 5) is 4.18. The van der Waals surface area contributed by atoms with E-state index in [9.17, 15) is 0 Å². The van der Waals surface area contributed by atoms with Crippen molar-refractivity contribution in [2.24, 2.45) is 0 Å². The topological polar surface area (TPSA) is 30.2 Å². The Hall–Kier alpha value is -1.38. The first-order valence-corrected chi connectivity index (χ1v) is 5.14. The van der Waals surface area contributed by atoms with Crippen LogP contribution in [0.3, 0.4) is 0 Å². The van der Waals surface area contributed by atoms with E-state index in [1.807, 2.05) is 6.20 Å². The highest BCUT2D eigenvalue weighted by Gasteiger charge is 2.07. The van der Waals surface area contributed by atoms with Gasteiger partial charge >= 0.3 is 0 Å². The zero-order valence-corrected chi connectivity index (χ0v) is 8.64. The molecule has 2 aromatic heterocycles. The van der Waals surface area contributed by atoms with Gasteiger partial charge in [0, 0.05) is 6.20 Å². The fourth-order valence-electron chi connectivity index (χ4n) is 1.85. The largest absolute Gasteiger partial charge is 0.221 e. The third kappa shape index (κ3) is 1.50. The van der Waals surface area contributed by atoms with Crippen LogP contribution in [0, 0.1) is 0 Å². The highest BCUT2D eigenvalue weighted by Crippen LogP contribution is 2.22. The fraction of sp³-hybridized carbons (Fsp3) is 0.455. The van der Waals surface area contributed by atoms with Gasteiger partial charge in [-0.05, 0) is 36.5 Å². The molecule has 3 heteroatoms. The lowest BCUT2D eigenvalue weighted by molar-refractivity contribution is 0.641. The van der Waals surface area contributed by atoms with E-state index in [1.165, 1.54) is 18.4 Å². The van der Waals surface area contributed by atoms with Gasteiger partial charge in [-0.25, -0.2) is 9.50 Å². The first kappa shape index (κ1) is 9.19. The van der Waals surface area contributed by atoms with Crippen LogP contribution in [0.1, 0.15) is 38.2 Å². The van der Waals surface area contributed by atoms with Crippen LogP contribution < -0.4 is 0 Å². The second-order valence-electron chi connectivity index (χ2n) is 3.54. The number of pyridine rings is 1. The second-order valence-corrected chi connectivity index (χ2v) is 3.54. The smallest absolute Gasteiger partial charge is 0.155 e. The monoisotopic (exact) mass is 189 g/mol. The first-order valence-electron chi connectivity index (χ1n) is 5.14. The van der Waals surface area contributed by atoms with Gasteiger partial charge in [0.25, 0.3) is 0 Å². The Labute approximate surface area is 83.8 Å². The molecule has 2 aromatic rings. The summed E-state index contributed by atoms with van der Waals surface area (Å²) in [6.45, 7) is 4.45. The molecule has 0 bridgehead atoms. The number of aromatic nitrogens is 3. The summed E-state index contributed by atoms with van der Waals surface area (Å²) in [5, 5.41) is 4.08. The molecule has 0 aliphatic rings. The van der Waals surface area contributed by atoms with E-state index < -0.39 is 0 Å². The minimum absolute atomic E-state index is 0.650. The van der Waals surface area contributed by atoms with Crippen molar-refractivity contribution in [2.45, 2.75) is 32.6 Å². The van der Waals surface area contributed by atoms with Gasteiger partial charge in [0.05, 0.1) is 0 Å². The third-order valence-electron chi connectivity index (χ3n) is 2.76. The quantitative estimate of drug-likeness (QED) is 0.743. The lowest BCUT2D eigenvalue weighted by Crippen LogP contribution is -1.97. The van der Waals surface area contributed by atoms with Gasteiger partial charge in [-0.3, -0.25) is 0 Å². The Bertz CT molecular complexity index is 415. The Morgan fingerprint density at radius 3 is 2.86 bits per heavy atom. The summed E-state index contributed by atoms with van der Waals surface area (Å²) in [6, 6.07) is 4.27. The average Bonchev–Trinajstić information content (AvgIpc) is 2.66. The van der Waals surface area contributed by atoms with Crippen molar-refractivity contribution in [3.63, 3.8) is 0 Å². The fourth-order valence-corrected chi connectivity index (χ4v) is 1.85. The van der Waals surface area contributed by atoms with Crippen LogP contribution >= 0.6 is 0 Å².